The maximum atomic E-state index is 12.8. The molecule has 8 heteroatoms. The number of alkyl halides is 3. The summed E-state index contributed by atoms with van der Waals surface area (Å²) in [5, 5.41) is 0. The third-order valence-corrected chi connectivity index (χ3v) is 5.09. The number of methoxy groups -OCH3 is 2. The quantitative estimate of drug-likeness (QED) is 0.833. The molecule has 0 saturated carbocycles. The number of aromatic nitrogens is 2. The van der Waals surface area contributed by atoms with Gasteiger partial charge in [-0.3, -0.25) is 0 Å². The molecular formula is C16H15F3N2O2S. The zero-order valence-corrected chi connectivity index (χ0v) is 13.9. The first-order valence-corrected chi connectivity index (χ1v) is 8.18. The van der Waals surface area contributed by atoms with Crippen LogP contribution >= 0.6 is 11.8 Å². The topological polar surface area (TPSA) is 44.2 Å². The SMILES string of the molecule is COc1ncc(C2CSc3cc(C(F)(F)F)ccc3C2)nc1OC. The zero-order valence-electron chi connectivity index (χ0n) is 13.1. The van der Waals surface area contributed by atoms with E-state index >= 15 is 0 Å². The molecule has 0 bridgehead atoms. The van der Waals surface area contributed by atoms with Crippen LogP contribution in [0.15, 0.2) is 29.3 Å². The lowest BCUT2D eigenvalue weighted by molar-refractivity contribution is -0.137. The van der Waals surface area contributed by atoms with Crippen molar-refractivity contribution in [1.29, 1.82) is 0 Å². The number of hydrogen-bond acceptors (Lipinski definition) is 5. The molecule has 3 rings (SSSR count). The van der Waals surface area contributed by atoms with Crippen molar-refractivity contribution in [3.63, 3.8) is 0 Å². The molecule has 2 heterocycles. The van der Waals surface area contributed by atoms with Crippen molar-refractivity contribution in [3.05, 3.63) is 41.2 Å². The van der Waals surface area contributed by atoms with Crippen LogP contribution in [-0.4, -0.2) is 29.9 Å². The number of benzene rings is 1. The van der Waals surface area contributed by atoms with E-state index in [1.54, 1.807) is 12.3 Å². The van der Waals surface area contributed by atoms with Crippen molar-refractivity contribution >= 4 is 11.8 Å². The molecule has 0 saturated heterocycles. The lowest BCUT2D eigenvalue weighted by Crippen LogP contribution is -2.15. The highest BCUT2D eigenvalue weighted by atomic mass is 32.2. The Labute approximate surface area is 141 Å². The summed E-state index contributed by atoms with van der Waals surface area (Å²) in [6.45, 7) is 0. The van der Waals surface area contributed by atoms with Crippen molar-refractivity contribution in [2.24, 2.45) is 0 Å². The number of ether oxygens (including phenoxy) is 2. The monoisotopic (exact) mass is 356 g/mol. The molecule has 1 aromatic carbocycles. The second-order valence-electron chi connectivity index (χ2n) is 5.35. The van der Waals surface area contributed by atoms with E-state index in [0.717, 1.165) is 17.3 Å². The number of fused-ring (bicyclic) bond motifs is 1. The highest BCUT2D eigenvalue weighted by molar-refractivity contribution is 7.99. The normalized spacial score (nSPS) is 17.3. The third kappa shape index (κ3) is 3.28. The number of rotatable bonds is 3. The Morgan fingerprint density at radius 1 is 1.17 bits per heavy atom. The summed E-state index contributed by atoms with van der Waals surface area (Å²) >= 11 is 1.41. The summed E-state index contributed by atoms with van der Waals surface area (Å²) < 4.78 is 48.6. The van der Waals surface area contributed by atoms with Gasteiger partial charge < -0.3 is 9.47 Å². The van der Waals surface area contributed by atoms with Gasteiger partial charge in [-0.25, -0.2) is 9.97 Å². The Morgan fingerprint density at radius 3 is 2.58 bits per heavy atom. The van der Waals surface area contributed by atoms with Gasteiger partial charge in [-0.05, 0) is 24.1 Å². The lowest BCUT2D eigenvalue weighted by Gasteiger charge is -2.24. The minimum absolute atomic E-state index is 0.0616. The highest BCUT2D eigenvalue weighted by Crippen LogP contribution is 2.40. The molecule has 1 aromatic heterocycles. The van der Waals surface area contributed by atoms with Gasteiger partial charge in [-0.2, -0.15) is 13.2 Å². The molecule has 24 heavy (non-hydrogen) atoms. The van der Waals surface area contributed by atoms with Gasteiger partial charge in [0.25, 0.3) is 11.8 Å². The van der Waals surface area contributed by atoms with Crippen molar-refractivity contribution in [2.75, 3.05) is 20.0 Å². The molecule has 0 N–H and O–H groups in total. The summed E-state index contributed by atoms with van der Waals surface area (Å²) in [6.07, 6.45) is -2.08. The maximum absolute atomic E-state index is 12.8. The molecular weight excluding hydrogens is 341 g/mol. The Kier molecular flexibility index (Phi) is 4.58. The molecule has 0 fully saturated rings. The second-order valence-corrected chi connectivity index (χ2v) is 6.41. The van der Waals surface area contributed by atoms with E-state index in [-0.39, 0.29) is 5.92 Å². The van der Waals surface area contributed by atoms with Crippen LogP contribution in [0.4, 0.5) is 13.2 Å². The number of thioether (sulfide) groups is 1. The first-order valence-electron chi connectivity index (χ1n) is 7.20. The molecule has 4 nitrogen and oxygen atoms in total. The largest absolute Gasteiger partial charge is 0.477 e. The van der Waals surface area contributed by atoms with Gasteiger partial charge in [0, 0.05) is 16.6 Å². The Bertz CT molecular complexity index is 753. The number of nitrogens with zero attached hydrogens (tertiary/aromatic N) is 2. The van der Waals surface area contributed by atoms with Crippen LogP contribution < -0.4 is 9.47 Å². The molecule has 0 aliphatic carbocycles. The number of halogens is 3. The average molecular weight is 356 g/mol. The molecule has 2 aromatic rings. The molecule has 1 aliphatic rings. The van der Waals surface area contributed by atoms with E-state index in [0.29, 0.717) is 28.8 Å². The Hall–Kier alpha value is -1.96. The molecule has 1 atom stereocenters. The van der Waals surface area contributed by atoms with Gasteiger partial charge in [-0.15, -0.1) is 11.8 Å². The first-order chi connectivity index (χ1) is 11.4. The predicted molar refractivity (Wildman–Crippen MR) is 83.7 cm³/mol. The Balaban J connectivity index is 1.85. The average Bonchev–Trinajstić information content (AvgIpc) is 2.59. The fraction of sp³-hybridized carbons (Fsp3) is 0.375. The Morgan fingerprint density at radius 2 is 1.92 bits per heavy atom. The van der Waals surface area contributed by atoms with Gasteiger partial charge in [0.15, 0.2) is 0 Å². The molecule has 128 valence electrons. The first kappa shape index (κ1) is 16.9. The van der Waals surface area contributed by atoms with E-state index in [9.17, 15) is 13.2 Å². The smallest absolute Gasteiger partial charge is 0.416 e. The van der Waals surface area contributed by atoms with Gasteiger partial charge in [0.05, 0.1) is 31.7 Å². The molecule has 0 amide bonds. The van der Waals surface area contributed by atoms with Crippen LogP contribution in [0, 0.1) is 0 Å². The standard InChI is InChI=1S/C16H15F3N2O2S/c1-22-14-15(23-2)21-12(7-20-14)10-5-9-3-4-11(16(17,18)19)6-13(9)24-8-10/h3-4,6-7,10H,5,8H2,1-2H3. The van der Waals surface area contributed by atoms with Crippen LogP contribution in [0.3, 0.4) is 0 Å². The zero-order chi connectivity index (χ0) is 17.3. The van der Waals surface area contributed by atoms with Crippen LogP contribution in [0.1, 0.15) is 22.7 Å². The summed E-state index contributed by atoms with van der Waals surface area (Å²) in [5.74, 6) is 1.31. The minimum atomic E-state index is -4.32. The molecule has 0 radical (unpaired) electrons. The van der Waals surface area contributed by atoms with Crippen molar-refractivity contribution in [3.8, 4) is 11.8 Å². The van der Waals surface area contributed by atoms with Crippen molar-refractivity contribution in [2.45, 2.75) is 23.4 Å². The molecule has 1 unspecified atom stereocenters. The van der Waals surface area contributed by atoms with Crippen molar-refractivity contribution in [1.82, 2.24) is 9.97 Å². The lowest BCUT2D eigenvalue weighted by atomic mass is 9.96. The van der Waals surface area contributed by atoms with E-state index in [1.807, 2.05) is 0 Å². The van der Waals surface area contributed by atoms with Gasteiger partial charge >= 0.3 is 6.18 Å². The van der Waals surface area contributed by atoms with Crippen LogP contribution in [0.2, 0.25) is 0 Å². The minimum Gasteiger partial charge on any atom is -0.477 e. The van der Waals surface area contributed by atoms with Gasteiger partial charge in [0.2, 0.25) is 0 Å². The fourth-order valence-electron chi connectivity index (χ4n) is 2.58. The highest BCUT2D eigenvalue weighted by Gasteiger charge is 2.32. The summed E-state index contributed by atoms with van der Waals surface area (Å²) in [4.78, 5) is 9.27. The van der Waals surface area contributed by atoms with Crippen LogP contribution in [-0.2, 0) is 12.6 Å². The predicted octanol–water partition coefficient (Wildman–Crippen LogP) is 3.94. The van der Waals surface area contributed by atoms with E-state index in [1.165, 1.54) is 32.0 Å². The van der Waals surface area contributed by atoms with Gasteiger partial charge in [-0.1, -0.05) is 6.07 Å². The second kappa shape index (κ2) is 6.51. The summed E-state index contributed by atoms with van der Waals surface area (Å²) in [7, 11) is 2.97. The maximum Gasteiger partial charge on any atom is 0.416 e. The van der Waals surface area contributed by atoms with E-state index in [4.69, 9.17) is 9.47 Å². The fourth-order valence-corrected chi connectivity index (χ4v) is 3.80. The molecule has 0 spiro atoms. The van der Waals surface area contributed by atoms with Crippen LogP contribution in [0.5, 0.6) is 11.8 Å². The van der Waals surface area contributed by atoms with Gasteiger partial charge in [0.1, 0.15) is 0 Å². The van der Waals surface area contributed by atoms with Crippen molar-refractivity contribution < 1.29 is 22.6 Å². The third-order valence-electron chi connectivity index (χ3n) is 3.83. The summed E-state index contributed by atoms with van der Waals surface area (Å²) in [6, 6.07) is 3.89. The van der Waals surface area contributed by atoms with E-state index < -0.39 is 11.7 Å². The molecule has 1 aliphatic heterocycles. The summed E-state index contributed by atoms with van der Waals surface area (Å²) in [5.41, 5.74) is 1.02. The number of hydrogen-bond donors (Lipinski definition) is 0. The van der Waals surface area contributed by atoms with E-state index in [2.05, 4.69) is 9.97 Å². The van der Waals surface area contributed by atoms with Crippen LogP contribution in [0.25, 0.3) is 0 Å².